The number of rotatable bonds is 6. The van der Waals surface area contributed by atoms with Crippen molar-refractivity contribution in [3.8, 4) is 11.4 Å². The topological polar surface area (TPSA) is 64.2 Å². The second-order valence-corrected chi connectivity index (χ2v) is 7.63. The van der Waals surface area contributed by atoms with Gasteiger partial charge in [-0.1, -0.05) is 49.3 Å². The number of hydrogen-bond donors (Lipinski definition) is 0. The molecule has 1 aliphatic heterocycles. The van der Waals surface area contributed by atoms with Gasteiger partial charge >= 0.3 is 0 Å². The van der Waals surface area contributed by atoms with Crippen molar-refractivity contribution in [3.05, 3.63) is 60.2 Å². The lowest BCUT2D eigenvalue weighted by Gasteiger charge is -2.39. The van der Waals surface area contributed by atoms with Gasteiger partial charge in [0.2, 0.25) is 17.6 Å². The maximum atomic E-state index is 12.9. The Balaban J connectivity index is 1.35. The molecule has 6 nitrogen and oxygen atoms in total. The van der Waals surface area contributed by atoms with Crippen molar-refractivity contribution in [1.29, 1.82) is 0 Å². The fraction of sp³-hybridized carbons (Fsp3) is 0.409. The molecule has 0 fully saturated rings. The maximum Gasteiger partial charge on any atom is 0.226 e. The molecule has 0 radical (unpaired) electrons. The van der Waals surface area contributed by atoms with Gasteiger partial charge in [-0.05, 0) is 24.5 Å². The monoisotopic (exact) mass is 378 g/mol. The Morgan fingerprint density at radius 1 is 1.18 bits per heavy atom. The van der Waals surface area contributed by atoms with Crippen LogP contribution in [0.15, 0.2) is 53.2 Å². The van der Waals surface area contributed by atoms with E-state index in [1.165, 1.54) is 5.69 Å². The summed E-state index contributed by atoms with van der Waals surface area (Å²) in [5.41, 5.74) is 2.17. The lowest BCUT2D eigenvalue weighted by Crippen LogP contribution is -2.43. The molecule has 3 aromatic rings. The van der Waals surface area contributed by atoms with Gasteiger partial charge in [0.05, 0.1) is 6.04 Å². The van der Waals surface area contributed by atoms with E-state index >= 15 is 0 Å². The molecule has 1 unspecified atom stereocenters. The third-order valence-electron chi connectivity index (χ3n) is 5.32. The second kappa shape index (κ2) is 8.00. The highest BCUT2D eigenvalue weighted by atomic mass is 16.5. The molecule has 6 heteroatoms. The summed E-state index contributed by atoms with van der Waals surface area (Å²) >= 11 is 0. The van der Waals surface area contributed by atoms with E-state index in [2.05, 4.69) is 46.9 Å². The Morgan fingerprint density at radius 3 is 2.79 bits per heavy atom. The molecule has 1 aliphatic rings. The van der Waals surface area contributed by atoms with Crippen LogP contribution in [0.2, 0.25) is 0 Å². The molecule has 0 saturated carbocycles. The minimum atomic E-state index is 0.143. The molecule has 0 bridgehead atoms. The zero-order valence-electron chi connectivity index (χ0n) is 16.4. The van der Waals surface area contributed by atoms with Crippen molar-refractivity contribution in [1.82, 2.24) is 19.6 Å². The largest absolute Gasteiger partial charge is 0.348 e. The molecule has 4 rings (SSSR count). The molecule has 1 atom stereocenters. The third-order valence-corrected chi connectivity index (χ3v) is 5.32. The van der Waals surface area contributed by atoms with Crippen molar-refractivity contribution in [3.63, 3.8) is 0 Å². The van der Waals surface area contributed by atoms with Crippen molar-refractivity contribution in [2.24, 2.45) is 5.92 Å². The minimum absolute atomic E-state index is 0.143. The van der Waals surface area contributed by atoms with Gasteiger partial charge < -0.3 is 14.0 Å². The van der Waals surface area contributed by atoms with Crippen molar-refractivity contribution in [2.75, 3.05) is 6.54 Å². The van der Waals surface area contributed by atoms with Gasteiger partial charge in [-0.15, -0.1) is 0 Å². The van der Waals surface area contributed by atoms with Crippen molar-refractivity contribution < 1.29 is 9.32 Å². The maximum absolute atomic E-state index is 12.9. The SMILES string of the molecule is CC(C)C1c2cccn2CCN1C(=O)CCCc1nc(-c2ccccc2)no1. The van der Waals surface area contributed by atoms with Gasteiger partial charge in [-0.3, -0.25) is 4.79 Å². The average Bonchev–Trinajstić information content (AvgIpc) is 3.37. The standard InChI is InChI=1S/C22H26N4O2/c1-16(2)21-18-10-7-13-25(18)14-15-26(21)20(27)12-6-11-19-23-22(24-28-19)17-8-4-3-5-9-17/h3-5,7-10,13,16,21H,6,11-12,14-15H2,1-2H3. The van der Waals surface area contributed by atoms with Gasteiger partial charge in [0.25, 0.3) is 0 Å². The highest BCUT2D eigenvalue weighted by Crippen LogP contribution is 2.32. The molecular weight excluding hydrogens is 352 g/mol. The number of aromatic nitrogens is 3. The van der Waals surface area contributed by atoms with Crippen LogP contribution in [0.1, 0.15) is 44.3 Å². The zero-order valence-corrected chi connectivity index (χ0v) is 16.4. The van der Waals surface area contributed by atoms with Crippen molar-refractivity contribution >= 4 is 5.91 Å². The summed E-state index contributed by atoms with van der Waals surface area (Å²) < 4.78 is 7.61. The Morgan fingerprint density at radius 2 is 2.00 bits per heavy atom. The van der Waals surface area contributed by atoms with E-state index in [9.17, 15) is 4.79 Å². The molecule has 2 aromatic heterocycles. The number of hydrogen-bond acceptors (Lipinski definition) is 4. The zero-order chi connectivity index (χ0) is 19.5. The second-order valence-electron chi connectivity index (χ2n) is 7.63. The number of nitrogens with zero attached hydrogens (tertiary/aromatic N) is 4. The van der Waals surface area contributed by atoms with E-state index < -0.39 is 0 Å². The molecule has 3 heterocycles. The molecule has 146 valence electrons. The molecule has 0 N–H and O–H groups in total. The molecule has 1 aromatic carbocycles. The van der Waals surface area contributed by atoms with Crippen LogP contribution < -0.4 is 0 Å². The van der Waals surface area contributed by atoms with E-state index in [0.29, 0.717) is 36.9 Å². The fourth-order valence-electron chi connectivity index (χ4n) is 3.99. The number of aryl methyl sites for hydroxylation is 1. The van der Waals surface area contributed by atoms with Crippen LogP contribution in [-0.4, -0.2) is 32.1 Å². The molecule has 0 saturated heterocycles. The Hall–Kier alpha value is -2.89. The van der Waals surface area contributed by atoms with Gasteiger partial charge in [0.1, 0.15) is 0 Å². The van der Waals surface area contributed by atoms with Gasteiger partial charge in [-0.2, -0.15) is 4.98 Å². The normalized spacial score (nSPS) is 16.4. The summed E-state index contributed by atoms with van der Waals surface area (Å²) in [6, 6.07) is 14.1. The van der Waals surface area contributed by atoms with E-state index in [0.717, 1.165) is 18.7 Å². The van der Waals surface area contributed by atoms with Gasteiger partial charge in [0, 0.05) is 43.4 Å². The minimum Gasteiger partial charge on any atom is -0.348 e. The highest BCUT2D eigenvalue weighted by Gasteiger charge is 2.32. The summed E-state index contributed by atoms with van der Waals surface area (Å²) in [4.78, 5) is 19.4. The quantitative estimate of drug-likeness (QED) is 0.648. The fourth-order valence-corrected chi connectivity index (χ4v) is 3.99. The number of fused-ring (bicyclic) bond motifs is 1. The van der Waals surface area contributed by atoms with Crippen LogP contribution in [0.5, 0.6) is 0 Å². The van der Waals surface area contributed by atoms with Crippen LogP contribution in [0.4, 0.5) is 0 Å². The van der Waals surface area contributed by atoms with Crippen LogP contribution in [0, 0.1) is 5.92 Å². The first-order chi connectivity index (χ1) is 13.6. The molecule has 1 amide bonds. The number of carbonyl (C=O) groups is 1. The van der Waals surface area contributed by atoms with E-state index in [-0.39, 0.29) is 11.9 Å². The highest BCUT2D eigenvalue weighted by molar-refractivity contribution is 5.76. The number of amides is 1. The lowest BCUT2D eigenvalue weighted by atomic mass is 9.96. The summed E-state index contributed by atoms with van der Waals surface area (Å²) in [7, 11) is 0. The first kappa shape index (κ1) is 18.5. The predicted molar refractivity (Wildman–Crippen MR) is 106 cm³/mol. The molecule has 28 heavy (non-hydrogen) atoms. The summed E-state index contributed by atoms with van der Waals surface area (Å²) in [5.74, 6) is 1.76. The Kier molecular flexibility index (Phi) is 5.28. The summed E-state index contributed by atoms with van der Waals surface area (Å²) in [6.45, 7) is 5.98. The molecule has 0 aliphatic carbocycles. The first-order valence-corrected chi connectivity index (χ1v) is 9.96. The lowest BCUT2D eigenvalue weighted by molar-refractivity contribution is -0.136. The molecule has 0 spiro atoms. The summed E-state index contributed by atoms with van der Waals surface area (Å²) in [5, 5.41) is 4.04. The smallest absolute Gasteiger partial charge is 0.226 e. The first-order valence-electron chi connectivity index (χ1n) is 9.96. The van der Waals surface area contributed by atoms with Gasteiger partial charge in [-0.25, -0.2) is 0 Å². The van der Waals surface area contributed by atoms with Crippen LogP contribution >= 0.6 is 0 Å². The Labute approximate surface area is 165 Å². The number of benzene rings is 1. The van der Waals surface area contributed by atoms with Gasteiger partial charge in [0.15, 0.2) is 0 Å². The van der Waals surface area contributed by atoms with Crippen LogP contribution in [-0.2, 0) is 17.8 Å². The van der Waals surface area contributed by atoms with E-state index in [1.54, 1.807) is 0 Å². The average molecular weight is 378 g/mol. The van der Waals surface area contributed by atoms with Crippen LogP contribution in [0.25, 0.3) is 11.4 Å². The Bertz CT molecular complexity index is 929. The molecular formula is C22H26N4O2. The van der Waals surface area contributed by atoms with E-state index in [4.69, 9.17) is 4.52 Å². The van der Waals surface area contributed by atoms with Crippen LogP contribution in [0.3, 0.4) is 0 Å². The van der Waals surface area contributed by atoms with E-state index in [1.807, 2.05) is 35.2 Å². The third kappa shape index (κ3) is 3.72. The predicted octanol–water partition coefficient (Wildman–Crippen LogP) is 4.10. The number of carbonyl (C=O) groups excluding carboxylic acids is 1. The van der Waals surface area contributed by atoms with Crippen molar-refractivity contribution in [2.45, 2.75) is 45.7 Å². The summed E-state index contributed by atoms with van der Waals surface area (Å²) in [6.07, 6.45) is 3.92.